The SMILES string of the molecule is COC(=O)C1=C(C)N(c2cc(C)cc(C)c2)/C(=C/c2cccc(Cl)c2)C1=O. The second-order valence-corrected chi connectivity index (χ2v) is 6.98. The number of ketones is 1. The van der Waals surface area contributed by atoms with E-state index in [2.05, 4.69) is 6.07 Å². The number of hydrogen-bond acceptors (Lipinski definition) is 4. The lowest BCUT2D eigenvalue weighted by Crippen LogP contribution is -2.18. The smallest absolute Gasteiger partial charge is 0.343 e. The Kier molecular flexibility index (Phi) is 5.19. The average Bonchev–Trinajstić information content (AvgIpc) is 2.84. The van der Waals surface area contributed by atoms with Gasteiger partial charge in [0, 0.05) is 16.4 Å². The maximum atomic E-state index is 13.1. The Labute approximate surface area is 163 Å². The van der Waals surface area contributed by atoms with Crippen molar-refractivity contribution in [3.05, 3.63) is 81.1 Å². The van der Waals surface area contributed by atoms with E-state index in [0.717, 1.165) is 22.4 Å². The Morgan fingerprint density at radius 2 is 1.74 bits per heavy atom. The van der Waals surface area contributed by atoms with Gasteiger partial charge in [-0.15, -0.1) is 0 Å². The molecule has 138 valence electrons. The Morgan fingerprint density at radius 3 is 2.33 bits per heavy atom. The number of carbonyl (C=O) groups is 2. The van der Waals surface area contributed by atoms with Crippen LogP contribution in [-0.2, 0) is 14.3 Å². The van der Waals surface area contributed by atoms with E-state index in [-0.39, 0.29) is 11.4 Å². The first-order chi connectivity index (χ1) is 12.8. The van der Waals surface area contributed by atoms with Gasteiger partial charge in [-0.05, 0) is 67.8 Å². The number of esters is 1. The molecular weight excluding hydrogens is 362 g/mol. The molecule has 0 aromatic heterocycles. The molecule has 0 saturated carbocycles. The van der Waals surface area contributed by atoms with Crippen LogP contribution >= 0.6 is 11.6 Å². The van der Waals surface area contributed by atoms with Crippen LogP contribution in [0.1, 0.15) is 23.6 Å². The molecule has 27 heavy (non-hydrogen) atoms. The van der Waals surface area contributed by atoms with Crippen molar-refractivity contribution in [1.29, 1.82) is 0 Å². The summed E-state index contributed by atoms with van der Waals surface area (Å²) < 4.78 is 4.83. The van der Waals surface area contributed by atoms with E-state index in [0.29, 0.717) is 16.4 Å². The first-order valence-corrected chi connectivity index (χ1v) is 8.89. The monoisotopic (exact) mass is 381 g/mol. The van der Waals surface area contributed by atoms with E-state index in [4.69, 9.17) is 16.3 Å². The number of carbonyl (C=O) groups excluding carboxylic acids is 2. The van der Waals surface area contributed by atoms with Gasteiger partial charge in [0.2, 0.25) is 5.78 Å². The number of anilines is 1. The average molecular weight is 382 g/mol. The van der Waals surface area contributed by atoms with Crippen molar-refractivity contribution in [1.82, 2.24) is 0 Å². The summed E-state index contributed by atoms with van der Waals surface area (Å²) in [5.74, 6) is -1.00. The van der Waals surface area contributed by atoms with Gasteiger partial charge in [-0.1, -0.05) is 29.8 Å². The van der Waals surface area contributed by atoms with Gasteiger partial charge in [0.1, 0.15) is 5.57 Å². The molecule has 0 radical (unpaired) electrons. The summed E-state index contributed by atoms with van der Waals surface area (Å²) in [5.41, 5.74) is 4.72. The predicted octanol–water partition coefficient (Wildman–Crippen LogP) is 4.83. The van der Waals surface area contributed by atoms with Gasteiger partial charge in [0.25, 0.3) is 0 Å². The van der Waals surface area contributed by atoms with Gasteiger partial charge in [-0.2, -0.15) is 0 Å². The molecule has 0 saturated heterocycles. The van der Waals surface area contributed by atoms with Crippen LogP contribution in [0.4, 0.5) is 5.69 Å². The van der Waals surface area contributed by atoms with Gasteiger partial charge in [-0.25, -0.2) is 4.79 Å². The highest BCUT2D eigenvalue weighted by Gasteiger charge is 2.38. The zero-order chi connectivity index (χ0) is 19.7. The molecule has 0 amide bonds. The topological polar surface area (TPSA) is 46.6 Å². The molecule has 5 heteroatoms. The molecule has 3 rings (SSSR count). The molecule has 2 aromatic rings. The quantitative estimate of drug-likeness (QED) is 0.434. The summed E-state index contributed by atoms with van der Waals surface area (Å²) in [4.78, 5) is 27.1. The van der Waals surface area contributed by atoms with Gasteiger partial charge in [-0.3, -0.25) is 4.79 Å². The number of aryl methyl sites for hydroxylation is 2. The molecule has 0 atom stereocenters. The molecule has 1 heterocycles. The van der Waals surface area contributed by atoms with Crippen LogP contribution in [-0.4, -0.2) is 18.9 Å². The summed E-state index contributed by atoms with van der Waals surface area (Å²) in [6.07, 6.45) is 1.74. The molecule has 1 aliphatic heterocycles. The van der Waals surface area contributed by atoms with Crippen LogP contribution in [0, 0.1) is 13.8 Å². The van der Waals surface area contributed by atoms with Gasteiger partial charge in [0.05, 0.1) is 12.8 Å². The highest BCUT2D eigenvalue weighted by Crippen LogP contribution is 2.36. The lowest BCUT2D eigenvalue weighted by Gasteiger charge is -2.22. The van der Waals surface area contributed by atoms with Crippen molar-refractivity contribution in [3.63, 3.8) is 0 Å². The van der Waals surface area contributed by atoms with Crippen molar-refractivity contribution >= 4 is 35.1 Å². The molecule has 1 aliphatic rings. The van der Waals surface area contributed by atoms with E-state index in [1.165, 1.54) is 7.11 Å². The lowest BCUT2D eigenvalue weighted by atomic mass is 10.1. The van der Waals surface area contributed by atoms with Crippen molar-refractivity contribution < 1.29 is 14.3 Å². The Balaban J connectivity index is 2.21. The number of allylic oxidation sites excluding steroid dienone is 2. The third kappa shape index (κ3) is 3.67. The summed E-state index contributed by atoms with van der Waals surface area (Å²) in [7, 11) is 1.27. The minimum Gasteiger partial charge on any atom is -0.465 e. The van der Waals surface area contributed by atoms with Crippen LogP contribution in [0.3, 0.4) is 0 Å². The van der Waals surface area contributed by atoms with Crippen LogP contribution in [0.15, 0.2) is 59.4 Å². The Bertz CT molecular complexity index is 984. The second kappa shape index (κ2) is 7.41. The number of benzene rings is 2. The number of nitrogens with zero attached hydrogens (tertiary/aromatic N) is 1. The molecule has 0 fully saturated rings. The molecule has 0 N–H and O–H groups in total. The van der Waals surface area contributed by atoms with E-state index < -0.39 is 5.97 Å². The normalized spacial score (nSPS) is 15.7. The Hall–Kier alpha value is -2.85. The number of rotatable bonds is 3. The van der Waals surface area contributed by atoms with Crippen molar-refractivity contribution in [3.8, 4) is 0 Å². The third-order valence-corrected chi connectivity index (χ3v) is 4.64. The highest BCUT2D eigenvalue weighted by atomic mass is 35.5. The van der Waals surface area contributed by atoms with Gasteiger partial charge < -0.3 is 9.64 Å². The second-order valence-electron chi connectivity index (χ2n) is 6.55. The molecule has 0 unspecified atom stereocenters. The summed E-state index contributed by atoms with van der Waals surface area (Å²) in [5, 5.41) is 0.575. The van der Waals surface area contributed by atoms with Crippen molar-refractivity contribution in [2.75, 3.05) is 12.0 Å². The van der Waals surface area contributed by atoms with Crippen molar-refractivity contribution in [2.24, 2.45) is 0 Å². The fourth-order valence-corrected chi connectivity index (χ4v) is 3.52. The van der Waals surface area contributed by atoms with Crippen LogP contribution < -0.4 is 4.90 Å². The van der Waals surface area contributed by atoms with Crippen molar-refractivity contribution in [2.45, 2.75) is 20.8 Å². The fourth-order valence-electron chi connectivity index (χ4n) is 3.33. The lowest BCUT2D eigenvalue weighted by molar-refractivity contribution is -0.137. The number of hydrogen-bond donors (Lipinski definition) is 0. The molecule has 0 aliphatic carbocycles. The Morgan fingerprint density at radius 1 is 1.07 bits per heavy atom. The number of ether oxygens (including phenoxy) is 1. The summed E-state index contributed by atoms with van der Waals surface area (Å²) >= 11 is 6.08. The fraction of sp³-hybridized carbons (Fsp3) is 0.182. The minimum atomic E-state index is -0.638. The first-order valence-electron chi connectivity index (χ1n) is 8.51. The van der Waals surface area contributed by atoms with E-state index in [9.17, 15) is 9.59 Å². The number of Topliss-reactive ketones (excluding diaryl/α,β-unsaturated/α-hetero) is 1. The molecule has 0 spiro atoms. The number of methoxy groups -OCH3 is 1. The predicted molar refractivity (Wildman–Crippen MR) is 108 cm³/mol. The zero-order valence-electron chi connectivity index (χ0n) is 15.7. The molecule has 4 nitrogen and oxygen atoms in total. The third-order valence-electron chi connectivity index (χ3n) is 4.40. The van der Waals surface area contributed by atoms with Crippen LogP contribution in [0.2, 0.25) is 5.02 Å². The maximum Gasteiger partial charge on any atom is 0.343 e. The van der Waals surface area contributed by atoms with Crippen LogP contribution in [0.5, 0.6) is 0 Å². The standard InChI is InChI=1S/C22H20ClNO3/c1-13-8-14(2)10-18(9-13)24-15(3)20(22(26)27-4)21(25)19(24)12-16-6-5-7-17(23)11-16/h5-12H,1-4H3/b19-12+. The molecular formula is C22H20ClNO3. The van der Waals surface area contributed by atoms with Gasteiger partial charge in [0.15, 0.2) is 0 Å². The van der Waals surface area contributed by atoms with E-state index >= 15 is 0 Å². The van der Waals surface area contributed by atoms with E-state index in [1.54, 1.807) is 30.0 Å². The summed E-state index contributed by atoms with van der Waals surface area (Å²) in [6, 6.07) is 13.2. The highest BCUT2D eigenvalue weighted by molar-refractivity contribution is 6.31. The maximum absolute atomic E-state index is 13.1. The zero-order valence-corrected chi connectivity index (χ0v) is 16.4. The largest absolute Gasteiger partial charge is 0.465 e. The summed E-state index contributed by atoms with van der Waals surface area (Å²) in [6.45, 7) is 5.74. The van der Waals surface area contributed by atoms with Gasteiger partial charge >= 0.3 is 5.97 Å². The van der Waals surface area contributed by atoms with E-state index in [1.807, 2.05) is 38.1 Å². The minimum absolute atomic E-state index is 0.0462. The van der Waals surface area contributed by atoms with Crippen LogP contribution in [0.25, 0.3) is 6.08 Å². The molecule has 2 aromatic carbocycles. The first kappa shape index (κ1) is 18.9. The number of halogens is 1. The molecule has 0 bridgehead atoms.